The van der Waals surface area contributed by atoms with Crippen molar-refractivity contribution in [2.45, 2.75) is 0 Å². The lowest BCUT2D eigenvalue weighted by atomic mass is 10.0. The molecule has 0 aliphatic carbocycles. The first-order valence-corrected chi connectivity index (χ1v) is 16.3. The first-order valence-electron chi connectivity index (χ1n) is 16.3. The monoisotopic (exact) mass is 674 g/mol. The Labute approximate surface area is 297 Å². The highest BCUT2D eigenvalue weighted by molar-refractivity contribution is 6.12. The highest BCUT2D eigenvalue weighted by Gasteiger charge is 2.16. The molecule has 8 heteroatoms. The molecule has 8 rings (SSSR count). The number of aromatic nitrogens is 2. The van der Waals surface area contributed by atoms with Crippen LogP contribution in [0, 0.1) is 17.9 Å². The molecule has 8 aromatic rings. The lowest BCUT2D eigenvalue weighted by Crippen LogP contribution is -1.97. The van der Waals surface area contributed by atoms with Crippen molar-refractivity contribution in [2.24, 2.45) is 0 Å². The van der Waals surface area contributed by atoms with Crippen molar-refractivity contribution in [1.29, 1.82) is 5.26 Å². The maximum absolute atomic E-state index is 11.3. The molecule has 0 radical (unpaired) electrons. The van der Waals surface area contributed by atoms with Crippen molar-refractivity contribution in [3.8, 4) is 28.6 Å². The van der Waals surface area contributed by atoms with Crippen LogP contribution in [0.25, 0.3) is 83.1 Å². The summed E-state index contributed by atoms with van der Waals surface area (Å²) in [4.78, 5) is 25.8. The molecule has 8 nitrogen and oxygen atoms in total. The number of nitrogens with zero attached hydrogens (tertiary/aromatic N) is 4. The summed E-state index contributed by atoms with van der Waals surface area (Å²) in [5.41, 5.74) is 8.70. The van der Waals surface area contributed by atoms with E-state index in [-0.39, 0.29) is 11.3 Å². The van der Waals surface area contributed by atoms with Crippen molar-refractivity contribution >= 4 is 67.7 Å². The summed E-state index contributed by atoms with van der Waals surface area (Å²) >= 11 is 0. The van der Waals surface area contributed by atoms with Crippen LogP contribution in [0.1, 0.15) is 11.1 Å². The molecule has 0 atom stereocenters. The van der Waals surface area contributed by atoms with Crippen LogP contribution in [-0.2, 0) is 9.59 Å². The Morgan fingerprint density at radius 3 is 1.44 bits per heavy atom. The number of hydrogen-bond donors (Lipinski definition) is 2. The maximum Gasteiger partial charge on any atom is 0.346 e. The molecule has 0 unspecified atom stereocenters. The third-order valence-corrected chi connectivity index (χ3v) is 9.29. The van der Waals surface area contributed by atoms with Crippen LogP contribution in [0.4, 0.5) is 0 Å². The predicted molar refractivity (Wildman–Crippen MR) is 204 cm³/mol. The Hall–Kier alpha value is -7.68. The lowest BCUT2D eigenvalue weighted by molar-refractivity contribution is -0.133. The van der Waals surface area contributed by atoms with Crippen LogP contribution in [0.15, 0.2) is 145 Å². The Morgan fingerprint density at radius 2 is 1.02 bits per heavy atom. The molecule has 2 heterocycles. The normalized spacial score (nSPS) is 12.0. The van der Waals surface area contributed by atoms with Crippen LogP contribution in [-0.4, -0.2) is 31.3 Å². The standard InChI is InChI=1S/C44H26N4O4/c1-46-38(44(51)52)23-28-12-18-33(19-13-28)48-40-9-5-3-7-35(40)37-25-30(15-21-42(37)48)29-14-20-41-36(24-29)34-6-2-4-8-39(34)47(41)32-16-10-27(11-17-32)22-31(26-45)43(49)50/h2-25H,(H,49,50)(H,51,52)/b31-22+,38-23-. The van der Waals surface area contributed by atoms with Gasteiger partial charge in [0.25, 0.3) is 5.70 Å². The summed E-state index contributed by atoms with van der Waals surface area (Å²) in [7, 11) is 0. The summed E-state index contributed by atoms with van der Waals surface area (Å²) in [6, 6.07) is 46.2. The molecule has 0 fully saturated rings. The fraction of sp³-hybridized carbons (Fsp3) is 0. The molecule has 2 N–H and O–H groups in total. The molecule has 0 spiro atoms. The van der Waals surface area contributed by atoms with Gasteiger partial charge in [0.2, 0.25) is 0 Å². The van der Waals surface area contributed by atoms with Crippen LogP contribution in [0.5, 0.6) is 0 Å². The smallest absolute Gasteiger partial charge is 0.346 e. The van der Waals surface area contributed by atoms with Crippen LogP contribution < -0.4 is 0 Å². The van der Waals surface area contributed by atoms with Gasteiger partial charge in [0.1, 0.15) is 11.6 Å². The van der Waals surface area contributed by atoms with Gasteiger partial charge in [-0.05, 0) is 95.1 Å². The highest BCUT2D eigenvalue weighted by Crippen LogP contribution is 2.38. The van der Waals surface area contributed by atoms with Crippen molar-refractivity contribution in [3.63, 3.8) is 0 Å². The molecule has 6 aromatic carbocycles. The number of carbonyl (C=O) groups is 2. The minimum absolute atomic E-state index is 0.321. The number of hydrogen-bond acceptors (Lipinski definition) is 3. The van der Waals surface area contributed by atoms with E-state index in [0.717, 1.165) is 66.1 Å². The lowest BCUT2D eigenvalue weighted by Gasteiger charge is -2.10. The number of para-hydroxylation sites is 2. The average Bonchev–Trinajstić information content (AvgIpc) is 3.68. The van der Waals surface area contributed by atoms with E-state index >= 15 is 0 Å². The second kappa shape index (κ2) is 12.6. The van der Waals surface area contributed by atoms with Gasteiger partial charge in [0.05, 0.1) is 28.6 Å². The molecule has 0 amide bonds. The topological polar surface area (TPSA) is 113 Å². The average molecular weight is 675 g/mol. The number of nitriles is 1. The summed E-state index contributed by atoms with van der Waals surface area (Å²) in [5, 5.41) is 32.1. The van der Waals surface area contributed by atoms with E-state index in [1.54, 1.807) is 6.07 Å². The van der Waals surface area contributed by atoms with Gasteiger partial charge in [0.15, 0.2) is 0 Å². The van der Waals surface area contributed by atoms with Gasteiger partial charge in [-0.3, -0.25) is 4.79 Å². The van der Waals surface area contributed by atoms with Crippen LogP contribution in [0.2, 0.25) is 0 Å². The molecule has 246 valence electrons. The first-order chi connectivity index (χ1) is 25.3. The summed E-state index contributed by atoms with van der Waals surface area (Å²) in [6.45, 7) is 7.15. The number of fused-ring (bicyclic) bond motifs is 6. The zero-order valence-corrected chi connectivity index (χ0v) is 27.4. The van der Waals surface area contributed by atoms with Crippen molar-refractivity contribution in [2.75, 3.05) is 0 Å². The highest BCUT2D eigenvalue weighted by atomic mass is 16.4. The Kier molecular flexibility index (Phi) is 7.68. The van der Waals surface area contributed by atoms with E-state index < -0.39 is 11.9 Å². The second-order valence-electron chi connectivity index (χ2n) is 12.3. The molecule has 0 saturated heterocycles. The molecular formula is C44H26N4O4. The molecule has 0 aliphatic rings. The second-order valence-corrected chi connectivity index (χ2v) is 12.3. The molecule has 0 saturated carbocycles. The fourth-order valence-corrected chi connectivity index (χ4v) is 6.91. The van der Waals surface area contributed by atoms with Gasteiger partial charge < -0.3 is 19.3 Å². The zero-order chi connectivity index (χ0) is 35.9. The van der Waals surface area contributed by atoms with E-state index in [0.29, 0.717) is 11.1 Å². The zero-order valence-electron chi connectivity index (χ0n) is 27.4. The number of benzene rings is 6. The Bertz CT molecular complexity index is 2710. The van der Waals surface area contributed by atoms with Gasteiger partial charge in [-0.15, -0.1) is 0 Å². The van der Waals surface area contributed by atoms with E-state index in [1.165, 1.54) is 12.2 Å². The van der Waals surface area contributed by atoms with Crippen molar-refractivity contribution in [1.82, 2.24) is 9.13 Å². The summed E-state index contributed by atoms with van der Waals surface area (Å²) in [5.74, 6) is -2.51. The first kappa shape index (κ1) is 31.6. The number of carboxylic acid groups (broad SMARTS) is 2. The molecule has 0 bridgehead atoms. The van der Waals surface area contributed by atoms with Gasteiger partial charge in [0, 0.05) is 32.9 Å². The summed E-state index contributed by atoms with van der Waals surface area (Å²) < 4.78 is 4.38. The van der Waals surface area contributed by atoms with Gasteiger partial charge >= 0.3 is 11.9 Å². The third-order valence-electron chi connectivity index (χ3n) is 9.29. The summed E-state index contributed by atoms with van der Waals surface area (Å²) in [6.07, 6.45) is 2.74. The van der Waals surface area contributed by atoms with Crippen LogP contribution >= 0.6 is 0 Å². The quantitative estimate of drug-likeness (QED) is 0.0993. The molecule has 52 heavy (non-hydrogen) atoms. The van der Waals surface area contributed by atoms with Crippen molar-refractivity contribution in [3.05, 3.63) is 167 Å². The third kappa shape index (κ3) is 5.34. The SMILES string of the molecule is [C-]#[N+]/C(=C\c1ccc(-n2c3ccccc3c3cc(-c4ccc5c(c4)c4ccccc4n5-c4ccc(/C=C(\C#N)C(=O)O)cc4)ccc32)cc1)C(=O)O. The Morgan fingerprint density at radius 1 is 0.577 bits per heavy atom. The van der Waals surface area contributed by atoms with Crippen LogP contribution in [0.3, 0.4) is 0 Å². The number of aliphatic carboxylic acids is 2. The minimum Gasteiger partial charge on any atom is -0.486 e. The largest absolute Gasteiger partial charge is 0.486 e. The minimum atomic E-state index is -1.26. The van der Waals surface area contributed by atoms with Gasteiger partial charge in [-0.2, -0.15) is 5.26 Å². The Balaban J connectivity index is 1.22. The number of rotatable bonds is 7. The van der Waals surface area contributed by atoms with E-state index in [1.807, 2.05) is 72.8 Å². The van der Waals surface area contributed by atoms with Gasteiger partial charge in [-0.25, -0.2) is 9.64 Å². The maximum atomic E-state index is 11.3. The van der Waals surface area contributed by atoms with E-state index in [4.69, 9.17) is 6.57 Å². The van der Waals surface area contributed by atoms with Crippen molar-refractivity contribution < 1.29 is 19.8 Å². The molecular weight excluding hydrogens is 649 g/mol. The number of carboxylic acids is 2. The fourth-order valence-electron chi connectivity index (χ4n) is 6.91. The van der Waals surface area contributed by atoms with Gasteiger partial charge in [-0.1, -0.05) is 72.8 Å². The van der Waals surface area contributed by atoms with E-state index in [2.05, 4.69) is 74.6 Å². The molecule has 2 aromatic heterocycles. The molecule has 0 aliphatic heterocycles. The van der Waals surface area contributed by atoms with E-state index in [9.17, 15) is 25.1 Å². The predicted octanol–water partition coefficient (Wildman–Crippen LogP) is 9.88.